The highest BCUT2D eigenvalue weighted by Gasteiger charge is 2.62. The third-order valence-corrected chi connectivity index (χ3v) is 6.66. The Bertz CT molecular complexity index is 581. The average Bonchev–Trinajstić information content (AvgIpc) is 3.19. The minimum absolute atomic E-state index is 0.247. The molecular weight excluding hydrogens is 262 g/mol. The first kappa shape index (κ1) is 13.4. The predicted molar refractivity (Wildman–Crippen MR) is 82.1 cm³/mol. The van der Waals surface area contributed by atoms with Gasteiger partial charge in [0, 0.05) is 17.4 Å². The molecule has 2 N–H and O–H groups in total. The molecule has 114 valence electrons. The Kier molecular flexibility index (Phi) is 2.61. The van der Waals surface area contributed by atoms with E-state index in [-0.39, 0.29) is 11.5 Å². The zero-order chi connectivity index (χ0) is 14.8. The van der Waals surface area contributed by atoms with E-state index in [4.69, 9.17) is 10.5 Å². The lowest BCUT2D eigenvalue weighted by Gasteiger charge is -2.38. The molecule has 0 aromatic carbocycles. The number of hydrogen-bond acceptors (Lipinski definition) is 4. The van der Waals surface area contributed by atoms with Crippen LogP contribution in [0.3, 0.4) is 0 Å². The number of hydrogen-bond donors (Lipinski definition) is 1. The Morgan fingerprint density at radius 1 is 1.19 bits per heavy atom. The SMILES string of the molecule is CC1(C)C2CCC1(C)C(Oc1cc(N)nc(C3CC3)n1)C2. The van der Waals surface area contributed by atoms with Crippen molar-refractivity contribution in [3.63, 3.8) is 0 Å². The quantitative estimate of drug-likeness (QED) is 0.923. The minimum Gasteiger partial charge on any atom is -0.474 e. The fourth-order valence-electron chi connectivity index (χ4n) is 4.50. The van der Waals surface area contributed by atoms with Gasteiger partial charge in [-0.05, 0) is 43.4 Å². The van der Waals surface area contributed by atoms with Crippen molar-refractivity contribution < 1.29 is 4.74 Å². The second kappa shape index (κ2) is 4.11. The van der Waals surface area contributed by atoms with E-state index in [1.54, 1.807) is 6.07 Å². The molecule has 3 aliphatic rings. The van der Waals surface area contributed by atoms with Crippen LogP contribution in [0.25, 0.3) is 0 Å². The highest BCUT2D eigenvalue weighted by molar-refractivity contribution is 5.34. The molecule has 0 radical (unpaired) electrons. The zero-order valence-corrected chi connectivity index (χ0v) is 13.2. The second-order valence-corrected chi connectivity index (χ2v) is 7.98. The van der Waals surface area contributed by atoms with Crippen molar-refractivity contribution in [1.82, 2.24) is 9.97 Å². The maximum Gasteiger partial charge on any atom is 0.219 e. The summed E-state index contributed by atoms with van der Waals surface area (Å²) in [6.07, 6.45) is 6.35. The van der Waals surface area contributed by atoms with Crippen LogP contribution in [0.1, 0.15) is 64.6 Å². The average molecular weight is 287 g/mol. The van der Waals surface area contributed by atoms with E-state index in [9.17, 15) is 0 Å². The molecule has 4 nitrogen and oxygen atoms in total. The number of fused-ring (bicyclic) bond motifs is 2. The van der Waals surface area contributed by atoms with Gasteiger partial charge in [-0.2, -0.15) is 4.98 Å². The van der Waals surface area contributed by atoms with E-state index in [0.29, 0.717) is 23.0 Å². The molecule has 4 rings (SSSR count). The molecule has 1 heterocycles. The molecule has 0 saturated heterocycles. The van der Waals surface area contributed by atoms with Crippen molar-refractivity contribution in [1.29, 1.82) is 0 Å². The van der Waals surface area contributed by atoms with Gasteiger partial charge in [0.1, 0.15) is 17.7 Å². The summed E-state index contributed by atoms with van der Waals surface area (Å²) in [4.78, 5) is 8.96. The molecule has 3 unspecified atom stereocenters. The minimum atomic E-state index is 0.247. The van der Waals surface area contributed by atoms with Gasteiger partial charge in [0.05, 0.1) is 0 Å². The molecule has 4 heteroatoms. The number of nitrogens with two attached hydrogens (primary N) is 1. The fourth-order valence-corrected chi connectivity index (χ4v) is 4.50. The van der Waals surface area contributed by atoms with Gasteiger partial charge < -0.3 is 10.5 Å². The highest BCUT2D eigenvalue weighted by Crippen LogP contribution is 2.66. The number of nitrogens with zero attached hydrogens (tertiary/aromatic N) is 2. The molecule has 3 atom stereocenters. The Morgan fingerprint density at radius 2 is 1.95 bits per heavy atom. The molecule has 0 aliphatic heterocycles. The van der Waals surface area contributed by atoms with Crippen molar-refractivity contribution >= 4 is 5.82 Å². The topological polar surface area (TPSA) is 61.0 Å². The molecule has 2 bridgehead atoms. The summed E-state index contributed by atoms with van der Waals surface area (Å²) in [6.45, 7) is 7.19. The number of aromatic nitrogens is 2. The molecule has 3 saturated carbocycles. The van der Waals surface area contributed by atoms with Crippen LogP contribution in [0.5, 0.6) is 5.88 Å². The van der Waals surface area contributed by atoms with Gasteiger partial charge in [-0.15, -0.1) is 0 Å². The maximum atomic E-state index is 6.32. The van der Waals surface area contributed by atoms with Crippen LogP contribution in [-0.2, 0) is 0 Å². The largest absolute Gasteiger partial charge is 0.474 e. The number of rotatable bonds is 3. The lowest BCUT2D eigenvalue weighted by atomic mass is 9.70. The fraction of sp³-hybridized carbons (Fsp3) is 0.765. The standard InChI is InChI=1S/C17H25N3O/c1-16(2)11-6-7-17(16,3)12(8-11)21-14-9-13(18)19-15(20-14)10-4-5-10/h9-12H,4-8H2,1-3H3,(H2,18,19,20). The van der Waals surface area contributed by atoms with Crippen molar-refractivity contribution in [2.75, 3.05) is 5.73 Å². The highest BCUT2D eigenvalue weighted by atomic mass is 16.5. The number of anilines is 1. The third kappa shape index (κ3) is 1.87. The smallest absolute Gasteiger partial charge is 0.219 e. The van der Waals surface area contributed by atoms with Crippen LogP contribution in [0, 0.1) is 16.7 Å². The van der Waals surface area contributed by atoms with Gasteiger partial charge in [0.25, 0.3) is 0 Å². The Morgan fingerprint density at radius 3 is 2.52 bits per heavy atom. The van der Waals surface area contributed by atoms with Crippen LogP contribution in [0.2, 0.25) is 0 Å². The maximum absolute atomic E-state index is 6.32. The lowest BCUT2D eigenvalue weighted by Crippen LogP contribution is -2.39. The van der Waals surface area contributed by atoms with E-state index in [0.717, 1.165) is 18.2 Å². The van der Waals surface area contributed by atoms with Gasteiger partial charge in [-0.1, -0.05) is 20.8 Å². The lowest BCUT2D eigenvalue weighted by molar-refractivity contribution is 0.0271. The van der Waals surface area contributed by atoms with Gasteiger partial charge in [0.15, 0.2) is 0 Å². The molecule has 0 amide bonds. The van der Waals surface area contributed by atoms with Gasteiger partial charge in [0.2, 0.25) is 5.88 Å². The van der Waals surface area contributed by atoms with Crippen LogP contribution < -0.4 is 10.5 Å². The summed E-state index contributed by atoms with van der Waals surface area (Å²) in [5, 5.41) is 0. The van der Waals surface area contributed by atoms with Gasteiger partial charge in [-0.25, -0.2) is 4.98 Å². The van der Waals surface area contributed by atoms with Crippen LogP contribution in [-0.4, -0.2) is 16.1 Å². The van der Waals surface area contributed by atoms with Gasteiger partial charge in [-0.3, -0.25) is 0 Å². The molecule has 21 heavy (non-hydrogen) atoms. The second-order valence-electron chi connectivity index (χ2n) is 7.98. The Balaban J connectivity index is 1.60. The van der Waals surface area contributed by atoms with E-state index in [2.05, 4.69) is 30.7 Å². The van der Waals surface area contributed by atoms with Crippen molar-refractivity contribution in [2.24, 2.45) is 16.7 Å². The Hall–Kier alpha value is -1.32. The Labute approximate surface area is 126 Å². The monoisotopic (exact) mass is 287 g/mol. The molecular formula is C17H25N3O. The van der Waals surface area contributed by atoms with Crippen LogP contribution in [0.15, 0.2) is 6.07 Å². The third-order valence-electron chi connectivity index (χ3n) is 6.66. The van der Waals surface area contributed by atoms with Crippen molar-refractivity contribution in [3.05, 3.63) is 11.9 Å². The summed E-state index contributed by atoms with van der Waals surface area (Å²) in [5.74, 6) is 3.36. The zero-order valence-electron chi connectivity index (χ0n) is 13.2. The summed E-state index contributed by atoms with van der Waals surface area (Å²) < 4.78 is 6.32. The first-order valence-corrected chi connectivity index (χ1v) is 8.21. The summed E-state index contributed by atoms with van der Waals surface area (Å²) in [7, 11) is 0. The van der Waals surface area contributed by atoms with E-state index in [1.165, 1.54) is 25.7 Å². The normalized spacial score (nSPS) is 36.9. The molecule has 3 aliphatic carbocycles. The van der Waals surface area contributed by atoms with Crippen molar-refractivity contribution in [2.45, 2.75) is 64.9 Å². The summed E-state index contributed by atoms with van der Waals surface area (Å²) in [5.41, 5.74) is 6.53. The molecule has 3 fully saturated rings. The summed E-state index contributed by atoms with van der Waals surface area (Å²) in [6, 6.07) is 1.79. The van der Waals surface area contributed by atoms with E-state index in [1.807, 2.05) is 0 Å². The van der Waals surface area contributed by atoms with E-state index >= 15 is 0 Å². The van der Waals surface area contributed by atoms with Crippen molar-refractivity contribution in [3.8, 4) is 5.88 Å². The van der Waals surface area contributed by atoms with E-state index < -0.39 is 0 Å². The first-order chi connectivity index (χ1) is 9.90. The predicted octanol–water partition coefficient (Wildman–Crippen LogP) is 3.53. The molecule has 1 aromatic heterocycles. The van der Waals surface area contributed by atoms with Crippen LogP contribution in [0.4, 0.5) is 5.82 Å². The number of nitrogen functional groups attached to an aromatic ring is 1. The van der Waals surface area contributed by atoms with Gasteiger partial charge >= 0.3 is 0 Å². The molecule has 0 spiro atoms. The van der Waals surface area contributed by atoms with Crippen LogP contribution >= 0.6 is 0 Å². The number of ether oxygens (including phenoxy) is 1. The summed E-state index contributed by atoms with van der Waals surface area (Å²) >= 11 is 0. The first-order valence-electron chi connectivity index (χ1n) is 8.21. The molecule has 1 aromatic rings.